The molecule has 2 unspecified atom stereocenters. The second-order valence-corrected chi connectivity index (χ2v) is 11.3. The highest BCUT2D eigenvalue weighted by Crippen LogP contribution is 2.24. The predicted molar refractivity (Wildman–Crippen MR) is 147 cm³/mol. The van der Waals surface area contributed by atoms with Gasteiger partial charge < -0.3 is 10.6 Å². The van der Waals surface area contributed by atoms with Crippen molar-refractivity contribution in [3.8, 4) is 0 Å². The van der Waals surface area contributed by atoms with Gasteiger partial charge in [-0.3, -0.25) is 4.79 Å². The molecule has 0 saturated carbocycles. The van der Waals surface area contributed by atoms with E-state index in [1.165, 1.54) is 0 Å². The van der Waals surface area contributed by atoms with E-state index >= 15 is 0 Å². The summed E-state index contributed by atoms with van der Waals surface area (Å²) in [5, 5.41) is 8.22. The molecule has 190 valence electrons. The van der Waals surface area contributed by atoms with Crippen molar-refractivity contribution in [3.05, 3.63) is 114 Å². The van der Waals surface area contributed by atoms with Crippen molar-refractivity contribution in [2.45, 2.75) is 23.3 Å². The molecule has 0 bridgehead atoms. The number of nitrogens with one attached hydrogen (secondary N) is 3. The van der Waals surface area contributed by atoms with Gasteiger partial charge in [-0.15, -0.1) is 0 Å². The molecule has 1 heterocycles. The second-order valence-electron chi connectivity index (χ2n) is 9.54. The molecule has 1 saturated heterocycles. The molecule has 7 heteroatoms. The van der Waals surface area contributed by atoms with E-state index in [1.807, 2.05) is 66.7 Å². The summed E-state index contributed by atoms with van der Waals surface area (Å²) >= 11 is 0. The Hall–Kier alpha value is -3.52. The summed E-state index contributed by atoms with van der Waals surface area (Å²) in [4.78, 5) is 13.4. The first kappa shape index (κ1) is 25.1. The van der Waals surface area contributed by atoms with Crippen molar-refractivity contribution >= 4 is 26.7 Å². The van der Waals surface area contributed by atoms with Crippen LogP contribution in [0.5, 0.6) is 0 Å². The van der Waals surface area contributed by atoms with Crippen molar-refractivity contribution in [1.29, 1.82) is 0 Å². The van der Waals surface area contributed by atoms with E-state index < -0.39 is 10.0 Å². The zero-order valence-electron chi connectivity index (χ0n) is 20.5. The lowest BCUT2D eigenvalue weighted by atomic mass is 9.90. The highest BCUT2D eigenvalue weighted by Gasteiger charge is 2.30. The zero-order valence-corrected chi connectivity index (χ0v) is 21.3. The topological polar surface area (TPSA) is 87.3 Å². The lowest BCUT2D eigenvalue weighted by Crippen LogP contribution is -2.52. The largest absolute Gasteiger partial charge is 0.355 e. The fourth-order valence-corrected chi connectivity index (χ4v) is 6.28. The molecule has 1 aliphatic rings. The Kier molecular flexibility index (Phi) is 7.65. The third-order valence-electron chi connectivity index (χ3n) is 6.96. The number of hydrogen-bond acceptors (Lipinski definition) is 4. The molecule has 1 fully saturated rings. The number of piperidine rings is 1. The number of carbonyl (C=O) groups is 1. The molecular formula is C30H31N3O3S. The zero-order chi connectivity index (χ0) is 25.7. The normalized spacial score (nSPS) is 18.1. The summed E-state index contributed by atoms with van der Waals surface area (Å²) in [7, 11) is -3.72. The van der Waals surface area contributed by atoms with Gasteiger partial charge in [-0.1, -0.05) is 91.0 Å². The number of amides is 1. The quantitative estimate of drug-likeness (QED) is 0.332. The summed E-state index contributed by atoms with van der Waals surface area (Å²) in [5.74, 6) is -0.366. The first-order chi connectivity index (χ1) is 18.0. The first-order valence-electron chi connectivity index (χ1n) is 12.6. The van der Waals surface area contributed by atoms with Crippen LogP contribution in [0, 0.1) is 5.92 Å². The molecule has 5 rings (SSSR count). The van der Waals surface area contributed by atoms with Gasteiger partial charge in [-0.25, -0.2) is 13.1 Å². The summed E-state index contributed by atoms with van der Waals surface area (Å²) in [6.45, 7) is 1.46. The number of fused-ring (bicyclic) bond motifs is 1. The molecule has 0 spiro atoms. The average molecular weight is 514 g/mol. The fraction of sp³-hybridized carbons (Fsp3) is 0.233. The molecule has 3 N–H and O–H groups in total. The van der Waals surface area contributed by atoms with Crippen LogP contribution in [-0.4, -0.2) is 40.0 Å². The first-order valence-corrected chi connectivity index (χ1v) is 14.1. The van der Waals surface area contributed by atoms with Gasteiger partial charge >= 0.3 is 0 Å². The number of hydrogen-bond donors (Lipinski definition) is 3. The molecule has 2 atom stereocenters. The molecule has 4 aromatic rings. The molecule has 0 aliphatic carbocycles. The van der Waals surface area contributed by atoms with Crippen LogP contribution in [-0.2, 0) is 14.8 Å². The van der Waals surface area contributed by atoms with Gasteiger partial charge in [0.15, 0.2) is 0 Å². The number of benzene rings is 4. The molecule has 4 aromatic carbocycles. The maximum absolute atomic E-state index is 13.2. The van der Waals surface area contributed by atoms with E-state index in [9.17, 15) is 13.2 Å². The van der Waals surface area contributed by atoms with Gasteiger partial charge in [0.2, 0.25) is 15.9 Å². The van der Waals surface area contributed by atoms with Gasteiger partial charge in [0.25, 0.3) is 0 Å². The third kappa shape index (κ3) is 6.07. The predicted octanol–water partition coefficient (Wildman–Crippen LogP) is 4.04. The smallest absolute Gasteiger partial charge is 0.240 e. The van der Waals surface area contributed by atoms with E-state index in [-0.39, 0.29) is 28.7 Å². The van der Waals surface area contributed by atoms with E-state index in [4.69, 9.17) is 0 Å². The van der Waals surface area contributed by atoms with Crippen LogP contribution < -0.4 is 15.4 Å². The van der Waals surface area contributed by atoms with E-state index in [0.29, 0.717) is 26.1 Å². The maximum atomic E-state index is 13.2. The summed E-state index contributed by atoms with van der Waals surface area (Å²) in [5.41, 5.74) is 2.27. The monoisotopic (exact) mass is 513 g/mol. The highest BCUT2D eigenvalue weighted by atomic mass is 32.2. The fourth-order valence-electron chi connectivity index (χ4n) is 5.00. The Morgan fingerprint density at radius 1 is 0.811 bits per heavy atom. The molecule has 1 amide bonds. The Labute approximate surface area is 218 Å². The van der Waals surface area contributed by atoms with Crippen LogP contribution >= 0.6 is 0 Å². The van der Waals surface area contributed by atoms with E-state index in [1.54, 1.807) is 12.1 Å². The van der Waals surface area contributed by atoms with Crippen LogP contribution in [0.1, 0.15) is 23.5 Å². The molecule has 0 aromatic heterocycles. The van der Waals surface area contributed by atoms with Crippen LogP contribution in [0.2, 0.25) is 0 Å². The van der Waals surface area contributed by atoms with Crippen molar-refractivity contribution in [2.24, 2.45) is 5.92 Å². The minimum atomic E-state index is -3.72. The SMILES string of the molecule is O=C(NCC(c1ccccc1)c1ccccc1)C1CNCC(NS(=O)(=O)c2ccc3ccccc3c2)C1. The van der Waals surface area contributed by atoms with E-state index in [2.05, 4.69) is 39.6 Å². The van der Waals surface area contributed by atoms with Gasteiger partial charge in [-0.05, 0) is 40.5 Å². The molecular weight excluding hydrogens is 482 g/mol. The summed E-state index contributed by atoms with van der Waals surface area (Å²) in [6.07, 6.45) is 0.437. The minimum Gasteiger partial charge on any atom is -0.355 e. The molecule has 6 nitrogen and oxygen atoms in total. The standard InChI is InChI=1S/C30H31N3O3S/c34-30(32-21-29(23-10-3-1-4-11-23)24-12-5-2-6-13-24)26-17-27(20-31-19-26)33-37(35,36)28-16-15-22-9-7-8-14-25(22)18-28/h1-16,18,26-27,29,31,33H,17,19-21H2,(H,32,34). The lowest BCUT2D eigenvalue weighted by molar-refractivity contribution is -0.125. The number of carbonyl (C=O) groups excluding carboxylic acids is 1. The number of sulfonamides is 1. The minimum absolute atomic E-state index is 0.0325. The average Bonchev–Trinajstić information content (AvgIpc) is 2.94. The highest BCUT2D eigenvalue weighted by molar-refractivity contribution is 7.89. The Morgan fingerprint density at radius 3 is 2.11 bits per heavy atom. The van der Waals surface area contributed by atoms with Gasteiger partial charge in [0.05, 0.1) is 10.8 Å². The Bertz CT molecular complexity index is 1420. The lowest BCUT2D eigenvalue weighted by Gasteiger charge is -2.30. The second kappa shape index (κ2) is 11.3. The van der Waals surface area contributed by atoms with Crippen LogP contribution in [0.3, 0.4) is 0 Å². The maximum Gasteiger partial charge on any atom is 0.240 e. The summed E-state index contributed by atoms with van der Waals surface area (Å²) < 4.78 is 29.0. The molecule has 37 heavy (non-hydrogen) atoms. The van der Waals surface area contributed by atoms with Gasteiger partial charge in [-0.2, -0.15) is 0 Å². The van der Waals surface area contributed by atoms with Crippen LogP contribution in [0.15, 0.2) is 108 Å². The van der Waals surface area contributed by atoms with Gasteiger partial charge in [0.1, 0.15) is 0 Å². The third-order valence-corrected chi connectivity index (χ3v) is 8.48. The molecule has 0 radical (unpaired) electrons. The van der Waals surface area contributed by atoms with E-state index in [0.717, 1.165) is 21.9 Å². The van der Waals surface area contributed by atoms with Gasteiger partial charge in [0, 0.05) is 31.6 Å². The van der Waals surface area contributed by atoms with Crippen molar-refractivity contribution < 1.29 is 13.2 Å². The van der Waals surface area contributed by atoms with Crippen molar-refractivity contribution in [1.82, 2.24) is 15.4 Å². The number of rotatable bonds is 8. The Morgan fingerprint density at radius 2 is 1.43 bits per heavy atom. The Balaban J connectivity index is 1.23. The van der Waals surface area contributed by atoms with Crippen molar-refractivity contribution in [2.75, 3.05) is 19.6 Å². The van der Waals surface area contributed by atoms with Crippen LogP contribution in [0.4, 0.5) is 0 Å². The van der Waals surface area contributed by atoms with Crippen molar-refractivity contribution in [3.63, 3.8) is 0 Å². The van der Waals surface area contributed by atoms with Crippen LogP contribution in [0.25, 0.3) is 10.8 Å². The summed E-state index contributed by atoms with van der Waals surface area (Å²) in [6, 6.07) is 32.7. The molecule has 1 aliphatic heterocycles.